The number of imide groups is 1. The van der Waals surface area contributed by atoms with Crippen LogP contribution in [0.4, 0.5) is 10.5 Å². The molecule has 7 heteroatoms. The van der Waals surface area contributed by atoms with E-state index in [0.29, 0.717) is 10.7 Å². The van der Waals surface area contributed by atoms with Gasteiger partial charge in [0.2, 0.25) is 0 Å². The number of rotatable bonds is 4. The topological polar surface area (TPSA) is 62.2 Å². The van der Waals surface area contributed by atoms with Crippen molar-refractivity contribution in [1.29, 1.82) is 0 Å². The summed E-state index contributed by atoms with van der Waals surface area (Å²) >= 11 is 6.29. The summed E-state index contributed by atoms with van der Waals surface area (Å²) in [6.45, 7) is 0.422. The van der Waals surface area contributed by atoms with Crippen LogP contribution in [0.25, 0.3) is 0 Å². The largest absolute Gasteiger partial charge is 0.447 e. The van der Waals surface area contributed by atoms with Crippen molar-refractivity contribution in [3.63, 3.8) is 0 Å². The molecule has 0 unspecified atom stereocenters. The van der Waals surface area contributed by atoms with Crippen molar-refractivity contribution in [2.24, 2.45) is 5.10 Å². The first-order valence-electron chi connectivity index (χ1n) is 10.4. The van der Waals surface area contributed by atoms with Crippen LogP contribution in [0.3, 0.4) is 0 Å². The number of anilines is 1. The standard InChI is InChI=1S/C25H20ClN3O3/c26-19-11-7-10-18(16-19)22-21(17-8-3-1-4-9-17)23(24(30)28-14-15-32-25(28)31)29(27-22)20-12-5-2-6-13-20/h1-13,16,21,23H,14-15H2/t21-,23+/m1/s1. The second-order valence-corrected chi connectivity index (χ2v) is 8.05. The molecule has 3 aromatic rings. The summed E-state index contributed by atoms with van der Waals surface area (Å²) in [6, 6.07) is 25.9. The summed E-state index contributed by atoms with van der Waals surface area (Å²) in [6.07, 6.45) is -0.619. The fourth-order valence-electron chi connectivity index (χ4n) is 4.22. The molecule has 2 atom stereocenters. The lowest BCUT2D eigenvalue weighted by Gasteiger charge is -2.29. The maximum absolute atomic E-state index is 13.8. The first-order valence-corrected chi connectivity index (χ1v) is 10.7. The third kappa shape index (κ3) is 3.63. The van der Waals surface area contributed by atoms with Crippen molar-refractivity contribution in [2.45, 2.75) is 12.0 Å². The molecule has 0 saturated carbocycles. The van der Waals surface area contributed by atoms with Crippen molar-refractivity contribution in [2.75, 3.05) is 18.2 Å². The molecule has 1 fully saturated rings. The monoisotopic (exact) mass is 445 g/mol. The Balaban J connectivity index is 1.68. The van der Waals surface area contributed by atoms with E-state index < -0.39 is 18.1 Å². The van der Waals surface area contributed by atoms with E-state index in [1.165, 1.54) is 4.90 Å². The van der Waals surface area contributed by atoms with Crippen LogP contribution in [0.15, 0.2) is 90.0 Å². The summed E-state index contributed by atoms with van der Waals surface area (Å²) in [5, 5.41) is 7.21. The zero-order chi connectivity index (χ0) is 22.1. The number of halogens is 1. The smallest absolute Gasteiger partial charge is 0.416 e. The summed E-state index contributed by atoms with van der Waals surface area (Å²) in [7, 11) is 0. The van der Waals surface area contributed by atoms with Gasteiger partial charge in [0.05, 0.1) is 23.9 Å². The number of hydrogen-bond donors (Lipinski definition) is 0. The highest BCUT2D eigenvalue weighted by molar-refractivity contribution is 6.31. The molecule has 0 radical (unpaired) electrons. The number of carbonyl (C=O) groups is 2. The van der Waals surface area contributed by atoms with Crippen LogP contribution in [0, 0.1) is 0 Å². The molecule has 1 saturated heterocycles. The van der Waals surface area contributed by atoms with Gasteiger partial charge in [0, 0.05) is 5.02 Å². The number of benzene rings is 3. The molecule has 160 valence electrons. The summed E-state index contributed by atoms with van der Waals surface area (Å²) in [5.41, 5.74) is 3.23. The number of amides is 2. The highest BCUT2D eigenvalue weighted by Crippen LogP contribution is 2.38. The second-order valence-electron chi connectivity index (χ2n) is 7.61. The number of cyclic esters (lactones) is 1. The zero-order valence-corrected chi connectivity index (χ0v) is 17.9. The molecule has 2 amide bonds. The quantitative estimate of drug-likeness (QED) is 0.584. The Morgan fingerprint density at radius 1 is 0.969 bits per heavy atom. The Morgan fingerprint density at radius 2 is 1.69 bits per heavy atom. The molecule has 32 heavy (non-hydrogen) atoms. The lowest BCUT2D eigenvalue weighted by atomic mass is 9.84. The number of carbonyl (C=O) groups excluding carboxylic acids is 2. The molecule has 2 heterocycles. The predicted octanol–water partition coefficient (Wildman–Crippen LogP) is 4.70. The minimum absolute atomic E-state index is 0.195. The minimum Gasteiger partial charge on any atom is -0.447 e. The lowest BCUT2D eigenvalue weighted by molar-refractivity contribution is -0.129. The van der Waals surface area contributed by atoms with Gasteiger partial charge in [-0.2, -0.15) is 5.10 Å². The first kappa shape index (κ1) is 20.3. The molecule has 0 aromatic heterocycles. The van der Waals surface area contributed by atoms with Gasteiger partial charge in [-0.1, -0.05) is 72.3 Å². The van der Waals surface area contributed by atoms with Crippen molar-refractivity contribution in [3.8, 4) is 0 Å². The fraction of sp³-hybridized carbons (Fsp3) is 0.160. The molecule has 2 aliphatic heterocycles. The Labute approximate surface area is 190 Å². The Kier molecular flexibility index (Phi) is 5.37. The van der Waals surface area contributed by atoms with Gasteiger partial charge >= 0.3 is 6.09 Å². The van der Waals surface area contributed by atoms with Crippen molar-refractivity contribution >= 4 is 35.0 Å². The third-order valence-electron chi connectivity index (χ3n) is 5.67. The van der Waals surface area contributed by atoms with Crippen LogP contribution in [0.5, 0.6) is 0 Å². The molecule has 3 aromatic carbocycles. The molecule has 0 N–H and O–H groups in total. The molecule has 5 rings (SSSR count). The number of hydrazone groups is 1. The molecule has 0 aliphatic carbocycles. The van der Waals surface area contributed by atoms with Crippen LogP contribution in [0.1, 0.15) is 17.0 Å². The SMILES string of the molecule is O=C1OCCN1C(=O)[C@@H]1[C@H](c2ccccc2)C(c2cccc(Cl)c2)=NN1c1ccccc1. The molecule has 0 bridgehead atoms. The Morgan fingerprint density at radius 3 is 2.34 bits per heavy atom. The van der Waals surface area contributed by atoms with E-state index in [0.717, 1.165) is 16.8 Å². The van der Waals surface area contributed by atoms with Crippen molar-refractivity contribution in [3.05, 3.63) is 101 Å². The van der Waals surface area contributed by atoms with E-state index in [1.807, 2.05) is 78.9 Å². The maximum atomic E-state index is 13.8. The summed E-state index contributed by atoms with van der Waals surface area (Å²) in [5.74, 6) is -0.748. The maximum Gasteiger partial charge on any atom is 0.416 e. The highest BCUT2D eigenvalue weighted by atomic mass is 35.5. The number of para-hydroxylation sites is 1. The average Bonchev–Trinajstić information content (AvgIpc) is 3.44. The molecule has 6 nitrogen and oxygen atoms in total. The zero-order valence-electron chi connectivity index (χ0n) is 17.1. The van der Waals surface area contributed by atoms with Gasteiger partial charge in [0.1, 0.15) is 12.6 Å². The highest BCUT2D eigenvalue weighted by Gasteiger charge is 2.48. The van der Waals surface area contributed by atoms with E-state index in [9.17, 15) is 9.59 Å². The van der Waals surface area contributed by atoms with E-state index >= 15 is 0 Å². The van der Waals surface area contributed by atoms with E-state index in [-0.39, 0.29) is 19.1 Å². The molecule has 0 spiro atoms. The van der Waals surface area contributed by atoms with E-state index in [2.05, 4.69) is 0 Å². The van der Waals surface area contributed by atoms with Gasteiger partial charge in [-0.15, -0.1) is 0 Å². The average molecular weight is 446 g/mol. The Hall–Kier alpha value is -3.64. The third-order valence-corrected chi connectivity index (χ3v) is 5.90. The van der Waals surface area contributed by atoms with Crippen LogP contribution >= 0.6 is 11.6 Å². The van der Waals surface area contributed by atoms with E-state index in [4.69, 9.17) is 21.4 Å². The van der Waals surface area contributed by atoms with Crippen LogP contribution in [0.2, 0.25) is 5.02 Å². The van der Waals surface area contributed by atoms with Gasteiger partial charge in [0.15, 0.2) is 0 Å². The number of nitrogens with zero attached hydrogens (tertiary/aromatic N) is 3. The Bertz CT molecular complexity index is 1180. The van der Waals surface area contributed by atoms with Gasteiger partial charge < -0.3 is 4.74 Å². The van der Waals surface area contributed by atoms with Crippen molar-refractivity contribution in [1.82, 2.24) is 4.90 Å². The van der Waals surface area contributed by atoms with Crippen LogP contribution in [-0.2, 0) is 9.53 Å². The normalized spacial score (nSPS) is 20.3. The predicted molar refractivity (Wildman–Crippen MR) is 123 cm³/mol. The van der Waals surface area contributed by atoms with Gasteiger partial charge in [-0.05, 0) is 35.4 Å². The van der Waals surface area contributed by atoms with E-state index in [1.54, 1.807) is 11.1 Å². The molecular weight excluding hydrogens is 426 g/mol. The molecule has 2 aliphatic rings. The summed E-state index contributed by atoms with van der Waals surface area (Å²) < 4.78 is 5.05. The van der Waals surface area contributed by atoms with Crippen LogP contribution < -0.4 is 5.01 Å². The fourth-order valence-corrected chi connectivity index (χ4v) is 4.41. The lowest BCUT2D eigenvalue weighted by Crippen LogP contribution is -2.48. The van der Waals surface area contributed by atoms with Crippen molar-refractivity contribution < 1.29 is 14.3 Å². The second kappa shape index (κ2) is 8.48. The van der Waals surface area contributed by atoms with Gasteiger partial charge in [-0.3, -0.25) is 9.80 Å². The van der Waals surface area contributed by atoms with Gasteiger partial charge in [-0.25, -0.2) is 9.69 Å². The first-order chi connectivity index (χ1) is 15.6. The summed E-state index contributed by atoms with van der Waals surface area (Å²) in [4.78, 5) is 27.2. The molecular formula is C25H20ClN3O3. The minimum atomic E-state index is -0.751. The van der Waals surface area contributed by atoms with Gasteiger partial charge in [0.25, 0.3) is 5.91 Å². The van der Waals surface area contributed by atoms with Crippen LogP contribution in [-0.4, -0.2) is 41.8 Å². The number of hydrogen-bond acceptors (Lipinski definition) is 5. The number of ether oxygens (including phenoxy) is 1.